The summed E-state index contributed by atoms with van der Waals surface area (Å²) in [6.45, 7) is 4.27. The van der Waals surface area contributed by atoms with Crippen molar-refractivity contribution in [3.63, 3.8) is 0 Å². The fraction of sp³-hybridized carbons (Fsp3) is 0.500. The topological polar surface area (TPSA) is 12.9 Å². The second-order valence-electron chi connectivity index (χ2n) is 2.99. The van der Waals surface area contributed by atoms with Crippen molar-refractivity contribution in [3.05, 3.63) is 29.6 Å². The normalized spacial score (nSPS) is 12.9. The number of thiol groups is 1. The average Bonchev–Trinajstić information content (AvgIpc) is 2.17. The van der Waals surface area contributed by atoms with Crippen LogP contribution < -0.4 is 0 Å². The van der Waals surface area contributed by atoms with Gasteiger partial charge >= 0.3 is 0 Å². The number of aryl methyl sites for hydroxylation is 1. The highest BCUT2D eigenvalue weighted by Crippen LogP contribution is 2.14. The molecule has 1 aromatic rings. The van der Waals surface area contributed by atoms with Crippen LogP contribution in [0, 0.1) is 0 Å². The Morgan fingerprint density at radius 1 is 1.50 bits per heavy atom. The third-order valence-electron chi connectivity index (χ3n) is 1.97. The van der Waals surface area contributed by atoms with E-state index in [0.29, 0.717) is 5.92 Å². The van der Waals surface area contributed by atoms with E-state index in [2.05, 4.69) is 49.7 Å². The number of nitrogens with zero attached hydrogens (tertiary/aromatic N) is 1. The summed E-state index contributed by atoms with van der Waals surface area (Å²) in [4.78, 5) is 4.51. The van der Waals surface area contributed by atoms with Gasteiger partial charge in [0.05, 0.1) is 0 Å². The molecule has 2 heteroatoms. The van der Waals surface area contributed by atoms with Crippen molar-refractivity contribution in [3.8, 4) is 0 Å². The lowest BCUT2D eigenvalue weighted by Gasteiger charge is -2.07. The Labute approximate surface area is 79.6 Å². The molecule has 1 rings (SSSR count). The molecule has 0 aliphatic carbocycles. The minimum atomic E-state index is 0.458. The Kier molecular flexibility index (Phi) is 3.60. The van der Waals surface area contributed by atoms with Crippen LogP contribution >= 0.6 is 12.6 Å². The Bertz CT molecular complexity index is 247. The van der Waals surface area contributed by atoms with Crippen LogP contribution in [0.4, 0.5) is 0 Å². The quantitative estimate of drug-likeness (QED) is 0.707. The molecule has 0 saturated heterocycles. The largest absolute Gasteiger partial charge is 0.258 e. The van der Waals surface area contributed by atoms with Crippen molar-refractivity contribution in [1.29, 1.82) is 0 Å². The van der Waals surface area contributed by atoms with Gasteiger partial charge in [0.1, 0.15) is 0 Å². The van der Waals surface area contributed by atoms with Crippen LogP contribution in [0.25, 0.3) is 0 Å². The van der Waals surface area contributed by atoms with Crippen LogP contribution in [0.1, 0.15) is 31.2 Å². The van der Waals surface area contributed by atoms with Crippen molar-refractivity contribution in [2.24, 2.45) is 0 Å². The Hall–Kier alpha value is -0.500. The first-order valence-corrected chi connectivity index (χ1v) is 4.97. The molecule has 0 radical (unpaired) electrons. The molecule has 0 amide bonds. The molecule has 0 N–H and O–H groups in total. The number of hydrogen-bond acceptors (Lipinski definition) is 2. The summed E-state index contributed by atoms with van der Waals surface area (Å²) in [6, 6.07) is 6.20. The van der Waals surface area contributed by atoms with E-state index in [9.17, 15) is 0 Å². The van der Waals surface area contributed by atoms with E-state index in [0.717, 1.165) is 17.9 Å². The predicted octanol–water partition coefficient (Wildman–Crippen LogP) is 2.68. The van der Waals surface area contributed by atoms with Crippen LogP contribution in [0.15, 0.2) is 18.2 Å². The number of hydrogen-bond donors (Lipinski definition) is 1. The van der Waals surface area contributed by atoms with E-state index < -0.39 is 0 Å². The summed E-state index contributed by atoms with van der Waals surface area (Å²) in [5.41, 5.74) is 2.32. The summed E-state index contributed by atoms with van der Waals surface area (Å²) in [6.07, 6.45) is 1.01. The van der Waals surface area contributed by atoms with Gasteiger partial charge < -0.3 is 0 Å². The second-order valence-corrected chi connectivity index (χ2v) is 3.36. The first kappa shape index (κ1) is 9.59. The third-order valence-corrected chi connectivity index (χ3v) is 2.52. The van der Waals surface area contributed by atoms with Crippen molar-refractivity contribution >= 4 is 12.6 Å². The molecule has 66 valence electrons. The van der Waals surface area contributed by atoms with Crippen LogP contribution in [-0.4, -0.2) is 10.7 Å². The molecule has 1 nitrogen and oxygen atoms in total. The fourth-order valence-electron chi connectivity index (χ4n) is 1.06. The van der Waals surface area contributed by atoms with Gasteiger partial charge in [-0.2, -0.15) is 12.6 Å². The predicted molar refractivity (Wildman–Crippen MR) is 55.9 cm³/mol. The minimum absolute atomic E-state index is 0.458. The van der Waals surface area contributed by atoms with Gasteiger partial charge in [0.25, 0.3) is 0 Å². The lowest BCUT2D eigenvalue weighted by atomic mass is 10.1. The molecule has 0 bridgehead atoms. The second kappa shape index (κ2) is 4.51. The zero-order valence-electron chi connectivity index (χ0n) is 7.62. The van der Waals surface area contributed by atoms with E-state index in [-0.39, 0.29) is 0 Å². The summed E-state index contributed by atoms with van der Waals surface area (Å²) in [7, 11) is 0. The van der Waals surface area contributed by atoms with Crippen molar-refractivity contribution in [2.75, 3.05) is 5.75 Å². The van der Waals surface area contributed by atoms with E-state index in [4.69, 9.17) is 0 Å². The molecule has 1 aromatic heterocycles. The lowest BCUT2D eigenvalue weighted by Crippen LogP contribution is -2.00. The molecule has 0 saturated carbocycles. The Morgan fingerprint density at radius 3 is 2.83 bits per heavy atom. The van der Waals surface area contributed by atoms with Gasteiger partial charge in [-0.25, -0.2) is 0 Å². The molecule has 0 spiro atoms. The van der Waals surface area contributed by atoms with Gasteiger partial charge in [-0.05, 0) is 24.3 Å². The molecule has 1 unspecified atom stereocenters. The maximum absolute atomic E-state index is 4.51. The molecule has 0 fully saturated rings. The molecule has 0 aliphatic heterocycles. The first-order valence-electron chi connectivity index (χ1n) is 4.34. The first-order chi connectivity index (χ1) is 5.77. The number of aromatic nitrogens is 1. The number of pyridine rings is 1. The standard InChI is InChI=1S/C10H15NS/c1-3-9-5-4-6-10(11-9)8(2)7-12/h4-6,8,12H,3,7H2,1-2H3. The van der Waals surface area contributed by atoms with E-state index in [1.807, 2.05) is 0 Å². The van der Waals surface area contributed by atoms with Gasteiger partial charge in [0, 0.05) is 17.3 Å². The van der Waals surface area contributed by atoms with Gasteiger partial charge in [0.15, 0.2) is 0 Å². The summed E-state index contributed by atoms with van der Waals surface area (Å²) in [5, 5.41) is 0. The highest BCUT2D eigenvalue weighted by atomic mass is 32.1. The van der Waals surface area contributed by atoms with Crippen LogP contribution in [0.3, 0.4) is 0 Å². The highest BCUT2D eigenvalue weighted by Gasteiger charge is 2.04. The van der Waals surface area contributed by atoms with Crippen molar-refractivity contribution in [2.45, 2.75) is 26.2 Å². The SMILES string of the molecule is CCc1cccc(C(C)CS)n1. The molecule has 1 heterocycles. The van der Waals surface area contributed by atoms with E-state index >= 15 is 0 Å². The molecule has 0 aromatic carbocycles. The van der Waals surface area contributed by atoms with Gasteiger partial charge in [-0.15, -0.1) is 0 Å². The highest BCUT2D eigenvalue weighted by molar-refractivity contribution is 7.80. The summed E-state index contributed by atoms with van der Waals surface area (Å²) >= 11 is 4.25. The van der Waals surface area contributed by atoms with Gasteiger partial charge in [-0.3, -0.25) is 4.98 Å². The summed E-state index contributed by atoms with van der Waals surface area (Å²) < 4.78 is 0. The van der Waals surface area contributed by atoms with Crippen LogP contribution in [0.5, 0.6) is 0 Å². The van der Waals surface area contributed by atoms with Gasteiger partial charge in [-0.1, -0.05) is 19.9 Å². The zero-order chi connectivity index (χ0) is 8.97. The molecular formula is C10H15NS. The van der Waals surface area contributed by atoms with Crippen molar-refractivity contribution in [1.82, 2.24) is 4.98 Å². The zero-order valence-corrected chi connectivity index (χ0v) is 8.51. The number of rotatable bonds is 3. The van der Waals surface area contributed by atoms with Crippen molar-refractivity contribution < 1.29 is 0 Å². The lowest BCUT2D eigenvalue weighted by molar-refractivity contribution is 0.820. The average molecular weight is 181 g/mol. The minimum Gasteiger partial charge on any atom is -0.258 e. The van der Waals surface area contributed by atoms with Crippen LogP contribution in [0.2, 0.25) is 0 Å². The van der Waals surface area contributed by atoms with Gasteiger partial charge in [0.2, 0.25) is 0 Å². The Morgan fingerprint density at radius 2 is 2.25 bits per heavy atom. The monoisotopic (exact) mass is 181 g/mol. The maximum Gasteiger partial charge on any atom is 0.0443 e. The fourth-order valence-corrected chi connectivity index (χ4v) is 1.25. The smallest absolute Gasteiger partial charge is 0.0443 e. The molecule has 1 atom stereocenters. The molecular weight excluding hydrogens is 166 g/mol. The third kappa shape index (κ3) is 2.24. The molecule has 12 heavy (non-hydrogen) atoms. The maximum atomic E-state index is 4.51. The van der Waals surface area contributed by atoms with Crippen LogP contribution in [-0.2, 0) is 6.42 Å². The summed E-state index contributed by atoms with van der Waals surface area (Å²) in [5.74, 6) is 1.32. The molecule has 0 aliphatic rings. The van der Waals surface area contributed by atoms with E-state index in [1.54, 1.807) is 0 Å². The van der Waals surface area contributed by atoms with E-state index in [1.165, 1.54) is 5.69 Å². The Balaban J connectivity index is 2.86.